The van der Waals surface area contributed by atoms with Gasteiger partial charge in [-0.15, -0.1) is 0 Å². The Labute approximate surface area is 139 Å². The standard InChI is InChI=1S/C21H25NO/c1-3-9-17(10-4-1)15-22(16-18-11-5-2-6-12-18)19-13-7-8-14-20-21(19)23-20/h1-6,9-12,19-21H,7-8,13-16H2/t19-,20+,21-/m1/s1. The second-order valence-corrected chi connectivity index (χ2v) is 6.87. The summed E-state index contributed by atoms with van der Waals surface area (Å²) in [5, 5.41) is 0. The van der Waals surface area contributed by atoms with Gasteiger partial charge in [0.25, 0.3) is 0 Å². The molecule has 1 heterocycles. The van der Waals surface area contributed by atoms with Gasteiger partial charge < -0.3 is 4.74 Å². The Hall–Kier alpha value is -1.64. The molecule has 0 aromatic heterocycles. The zero-order valence-electron chi connectivity index (χ0n) is 13.6. The molecule has 2 aromatic carbocycles. The zero-order chi connectivity index (χ0) is 15.5. The van der Waals surface area contributed by atoms with E-state index in [1.54, 1.807) is 0 Å². The predicted molar refractivity (Wildman–Crippen MR) is 93.0 cm³/mol. The van der Waals surface area contributed by atoms with Crippen LogP contribution in [0, 0.1) is 0 Å². The molecule has 3 atom stereocenters. The van der Waals surface area contributed by atoms with Crippen molar-refractivity contribution < 1.29 is 4.74 Å². The molecule has 120 valence electrons. The van der Waals surface area contributed by atoms with E-state index in [9.17, 15) is 0 Å². The van der Waals surface area contributed by atoms with Crippen LogP contribution in [0.5, 0.6) is 0 Å². The van der Waals surface area contributed by atoms with E-state index in [2.05, 4.69) is 65.6 Å². The number of rotatable bonds is 5. The molecular weight excluding hydrogens is 282 g/mol. The third-order valence-corrected chi connectivity index (χ3v) is 5.17. The van der Waals surface area contributed by atoms with Crippen LogP contribution in [0.25, 0.3) is 0 Å². The minimum atomic E-state index is 0.463. The summed E-state index contributed by atoms with van der Waals surface area (Å²) in [6, 6.07) is 22.2. The molecule has 0 N–H and O–H groups in total. The molecule has 2 nitrogen and oxygen atoms in total. The summed E-state index contributed by atoms with van der Waals surface area (Å²) in [4.78, 5) is 2.64. The average Bonchev–Trinajstić information content (AvgIpc) is 3.36. The maximum atomic E-state index is 5.99. The highest BCUT2D eigenvalue weighted by Crippen LogP contribution is 2.38. The normalized spacial score (nSPS) is 26.6. The average molecular weight is 307 g/mol. The van der Waals surface area contributed by atoms with Crippen LogP contribution in [0.1, 0.15) is 36.8 Å². The minimum absolute atomic E-state index is 0.463. The highest BCUT2D eigenvalue weighted by molar-refractivity contribution is 5.18. The molecule has 1 aliphatic heterocycles. The Kier molecular flexibility index (Phi) is 4.45. The van der Waals surface area contributed by atoms with Crippen LogP contribution in [-0.2, 0) is 17.8 Å². The molecule has 0 unspecified atom stereocenters. The van der Waals surface area contributed by atoms with E-state index in [0.29, 0.717) is 18.2 Å². The lowest BCUT2D eigenvalue weighted by Gasteiger charge is -2.31. The summed E-state index contributed by atoms with van der Waals surface area (Å²) in [6.45, 7) is 2.01. The summed E-state index contributed by atoms with van der Waals surface area (Å²) in [6.07, 6.45) is 6.16. The SMILES string of the molecule is c1ccc(CN(Cc2ccccc2)[C@@H]2CCCC[C@@H]3O[C@@H]32)cc1. The van der Waals surface area contributed by atoms with Crippen LogP contribution < -0.4 is 0 Å². The number of fused-ring (bicyclic) bond motifs is 1. The van der Waals surface area contributed by atoms with Crippen molar-refractivity contribution in [2.75, 3.05) is 0 Å². The van der Waals surface area contributed by atoms with E-state index in [0.717, 1.165) is 13.1 Å². The molecule has 23 heavy (non-hydrogen) atoms. The first-order valence-corrected chi connectivity index (χ1v) is 8.87. The molecule has 2 fully saturated rings. The van der Waals surface area contributed by atoms with E-state index in [4.69, 9.17) is 4.74 Å². The Morgan fingerprint density at radius 3 is 1.96 bits per heavy atom. The van der Waals surface area contributed by atoms with Crippen molar-refractivity contribution in [2.45, 2.75) is 57.0 Å². The van der Waals surface area contributed by atoms with E-state index in [1.807, 2.05) is 0 Å². The lowest BCUT2D eigenvalue weighted by molar-refractivity contribution is 0.133. The van der Waals surface area contributed by atoms with Crippen molar-refractivity contribution in [3.8, 4) is 0 Å². The van der Waals surface area contributed by atoms with Crippen LogP contribution in [0.15, 0.2) is 60.7 Å². The van der Waals surface area contributed by atoms with Crippen LogP contribution >= 0.6 is 0 Å². The summed E-state index contributed by atoms with van der Waals surface area (Å²) >= 11 is 0. The highest BCUT2D eigenvalue weighted by atomic mass is 16.6. The van der Waals surface area contributed by atoms with Crippen molar-refractivity contribution >= 4 is 0 Å². The van der Waals surface area contributed by atoms with Crippen molar-refractivity contribution in [3.05, 3.63) is 71.8 Å². The number of hydrogen-bond acceptors (Lipinski definition) is 2. The van der Waals surface area contributed by atoms with Gasteiger partial charge in [0.15, 0.2) is 0 Å². The molecule has 1 saturated carbocycles. The molecule has 2 heteroatoms. The molecule has 1 aliphatic carbocycles. The van der Waals surface area contributed by atoms with Crippen molar-refractivity contribution in [1.82, 2.24) is 4.90 Å². The molecule has 4 rings (SSSR count). The smallest absolute Gasteiger partial charge is 0.0996 e. The Balaban J connectivity index is 1.55. The van der Waals surface area contributed by atoms with Gasteiger partial charge in [-0.1, -0.05) is 73.5 Å². The van der Waals surface area contributed by atoms with Gasteiger partial charge in [0.05, 0.1) is 12.2 Å². The van der Waals surface area contributed by atoms with Crippen molar-refractivity contribution in [2.24, 2.45) is 0 Å². The third-order valence-electron chi connectivity index (χ3n) is 5.17. The zero-order valence-corrected chi connectivity index (χ0v) is 13.6. The van der Waals surface area contributed by atoms with Crippen molar-refractivity contribution in [3.63, 3.8) is 0 Å². The van der Waals surface area contributed by atoms with E-state index < -0.39 is 0 Å². The van der Waals surface area contributed by atoms with Gasteiger partial charge in [-0.05, 0) is 24.0 Å². The van der Waals surface area contributed by atoms with E-state index >= 15 is 0 Å². The first kappa shape index (κ1) is 14.9. The van der Waals surface area contributed by atoms with Crippen LogP contribution in [-0.4, -0.2) is 23.1 Å². The predicted octanol–water partition coefficient (Wildman–Crippen LogP) is 4.40. The summed E-state index contributed by atoms with van der Waals surface area (Å²) in [5.41, 5.74) is 2.79. The second-order valence-electron chi connectivity index (χ2n) is 6.87. The summed E-state index contributed by atoms with van der Waals surface area (Å²) in [5.74, 6) is 0. The number of epoxide rings is 1. The molecule has 2 aromatic rings. The van der Waals surface area contributed by atoms with E-state index in [1.165, 1.54) is 36.8 Å². The van der Waals surface area contributed by atoms with Gasteiger partial charge in [-0.25, -0.2) is 0 Å². The molecule has 1 saturated heterocycles. The monoisotopic (exact) mass is 307 g/mol. The number of benzene rings is 2. The Morgan fingerprint density at radius 2 is 1.35 bits per heavy atom. The first-order chi connectivity index (χ1) is 11.4. The van der Waals surface area contributed by atoms with Crippen molar-refractivity contribution in [1.29, 1.82) is 0 Å². The minimum Gasteiger partial charge on any atom is -0.368 e. The van der Waals surface area contributed by atoms with Gasteiger partial charge in [0, 0.05) is 19.1 Å². The number of hydrogen-bond donors (Lipinski definition) is 0. The fourth-order valence-electron chi connectivity index (χ4n) is 3.91. The lowest BCUT2D eigenvalue weighted by atomic mass is 10.0. The lowest BCUT2D eigenvalue weighted by Crippen LogP contribution is -2.38. The van der Waals surface area contributed by atoms with Crippen LogP contribution in [0.3, 0.4) is 0 Å². The first-order valence-electron chi connectivity index (χ1n) is 8.87. The summed E-state index contributed by atoms with van der Waals surface area (Å²) in [7, 11) is 0. The largest absolute Gasteiger partial charge is 0.368 e. The third kappa shape index (κ3) is 3.65. The topological polar surface area (TPSA) is 15.8 Å². The van der Waals surface area contributed by atoms with Gasteiger partial charge in [0.2, 0.25) is 0 Å². The maximum Gasteiger partial charge on any atom is 0.0996 e. The molecule has 0 amide bonds. The Morgan fingerprint density at radius 1 is 0.783 bits per heavy atom. The number of ether oxygens (including phenoxy) is 1. The molecule has 0 bridgehead atoms. The van der Waals surface area contributed by atoms with Crippen LogP contribution in [0.2, 0.25) is 0 Å². The van der Waals surface area contributed by atoms with Gasteiger partial charge in [-0.3, -0.25) is 4.90 Å². The highest BCUT2D eigenvalue weighted by Gasteiger charge is 2.47. The van der Waals surface area contributed by atoms with Gasteiger partial charge in [-0.2, -0.15) is 0 Å². The molecule has 0 radical (unpaired) electrons. The summed E-state index contributed by atoms with van der Waals surface area (Å²) < 4.78 is 5.99. The quantitative estimate of drug-likeness (QED) is 0.761. The molecule has 0 spiro atoms. The van der Waals surface area contributed by atoms with Crippen LogP contribution in [0.4, 0.5) is 0 Å². The maximum absolute atomic E-state index is 5.99. The fourth-order valence-corrected chi connectivity index (χ4v) is 3.91. The van der Waals surface area contributed by atoms with Gasteiger partial charge >= 0.3 is 0 Å². The van der Waals surface area contributed by atoms with Gasteiger partial charge in [0.1, 0.15) is 0 Å². The molecule has 2 aliphatic rings. The fraction of sp³-hybridized carbons (Fsp3) is 0.429. The van der Waals surface area contributed by atoms with E-state index in [-0.39, 0.29) is 0 Å². The second kappa shape index (κ2) is 6.86. The number of nitrogens with zero attached hydrogens (tertiary/aromatic N) is 1. The molecular formula is C21H25NO. The Bertz CT molecular complexity index is 571.